The maximum atomic E-state index is 12.3. The van der Waals surface area contributed by atoms with Crippen LogP contribution in [0.25, 0.3) is 0 Å². The first kappa shape index (κ1) is 16.1. The highest BCUT2D eigenvalue weighted by atomic mass is 32.1. The third kappa shape index (κ3) is 3.79. The Balaban J connectivity index is 1.67. The lowest BCUT2D eigenvalue weighted by Gasteiger charge is -2.19. The molecule has 0 saturated heterocycles. The molecule has 2 aromatic rings. The van der Waals surface area contributed by atoms with Gasteiger partial charge in [-0.25, -0.2) is 4.98 Å². The molecule has 4 nitrogen and oxygen atoms in total. The number of nitrogens with one attached hydrogen (secondary N) is 1. The lowest BCUT2D eigenvalue weighted by molar-refractivity contribution is 0.102. The van der Waals surface area contributed by atoms with Gasteiger partial charge in [-0.2, -0.15) is 0 Å². The molecule has 0 aliphatic heterocycles. The molecule has 5 heteroatoms. The van der Waals surface area contributed by atoms with Crippen molar-refractivity contribution in [2.24, 2.45) is 11.7 Å². The molecule has 1 aromatic carbocycles. The summed E-state index contributed by atoms with van der Waals surface area (Å²) in [7, 11) is 0. The second-order valence-electron chi connectivity index (χ2n) is 6.14. The number of benzene rings is 1. The van der Waals surface area contributed by atoms with Gasteiger partial charge in [0.05, 0.1) is 5.69 Å². The van der Waals surface area contributed by atoms with Crippen molar-refractivity contribution in [3.63, 3.8) is 0 Å². The predicted octanol–water partition coefficient (Wildman–Crippen LogP) is 3.76. The monoisotopic (exact) mass is 329 g/mol. The van der Waals surface area contributed by atoms with Crippen LogP contribution >= 0.6 is 11.3 Å². The van der Waals surface area contributed by atoms with Gasteiger partial charge >= 0.3 is 0 Å². The molecule has 1 aliphatic carbocycles. The molecule has 3 rings (SSSR count). The number of hydrogen-bond acceptors (Lipinski definition) is 4. The highest BCUT2D eigenvalue weighted by Crippen LogP contribution is 2.34. The number of carbonyl (C=O) groups is 1. The molecule has 0 radical (unpaired) electrons. The summed E-state index contributed by atoms with van der Waals surface area (Å²) in [6.45, 7) is 2.73. The number of carbonyl (C=O) groups excluding carboxylic acids is 1. The van der Waals surface area contributed by atoms with Crippen LogP contribution in [-0.2, 0) is 19.4 Å². The topological polar surface area (TPSA) is 68.0 Å². The fourth-order valence-electron chi connectivity index (χ4n) is 3.11. The summed E-state index contributed by atoms with van der Waals surface area (Å²) in [5.74, 6) is 0.671. The first-order valence-electron chi connectivity index (χ1n) is 8.28. The molecule has 1 aromatic heterocycles. The van der Waals surface area contributed by atoms with Gasteiger partial charge in [0.1, 0.15) is 0 Å². The van der Waals surface area contributed by atoms with Crippen molar-refractivity contribution in [3.05, 3.63) is 46.0 Å². The van der Waals surface area contributed by atoms with Crippen LogP contribution in [0.4, 0.5) is 5.13 Å². The van der Waals surface area contributed by atoms with Crippen molar-refractivity contribution in [2.45, 2.75) is 45.6 Å². The zero-order valence-corrected chi connectivity index (χ0v) is 14.3. The summed E-state index contributed by atoms with van der Waals surface area (Å²) in [6, 6.07) is 7.39. The van der Waals surface area contributed by atoms with Gasteiger partial charge in [-0.3, -0.25) is 10.1 Å². The number of fused-ring (bicyclic) bond motifs is 1. The Kier molecular flexibility index (Phi) is 5.08. The van der Waals surface area contributed by atoms with E-state index in [0.717, 1.165) is 29.5 Å². The molecule has 1 aliphatic rings. The number of aromatic nitrogens is 1. The number of anilines is 1. The average Bonchev–Trinajstić information content (AvgIpc) is 2.96. The summed E-state index contributed by atoms with van der Waals surface area (Å²) in [5, 5.41) is 3.66. The Morgan fingerprint density at radius 3 is 2.87 bits per heavy atom. The Morgan fingerprint density at radius 2 is 2.17 bits per heavy atom. The smallest absolute Gasteiger partial charge is 0.257 e. The van der Waals surface area contributed by atoms with Gasteiger partial charge < -0.3 is 5.73 Å². The third-order valence-corrected chi connectivity index (χ3v) is 5.45. The number of hydrogen-bond donors (Lipinski definition) is 2. The van der Waals surface area contributed by atoms with E-state index in [1.54, 1.807) is 11.3 Å². The standard InChI is InChI=1S/C18H23N3OS/c1-2-3-12-6-9-15-16(10-12)23-18(20-15)21-17(22)14-7-4-13(11-19)5-8-14/h4-5,7-8,12H,2-3,6,9-11,19H2,1H3,(H,20,21,22). The van der Waals surface area contributed by atoms with Gasteiger partial charge in [-0.1, -0.05) is 31.9 Å². The number of aryl methyl sites for hydroxylation is 1. The molecule has 1 unspecified atom stereocenters. The van der Waals surface area contributed by atoms with Crippen molar-refractivity contribution in [1.82, 2.24) is 4.98 Å². The maximum absolute atomic E-state index is 12.3. The van der Waals surface area contributed by atoms with Crippen LogP contribution in [0, 0.1) is 5.92 Å². The second-order valence-corrected chi connectivity index (χ2v) is 7.23. The van der Waals surface area contributed by atoms with Gasteiger partial charge in [-0.15, -0.1) is 11.3 Å². The minimum absolute atomic E-state index is 0.107. The van der Waals surface area contributed by atoms with Crippen LogP contribution in [0.3, 0.4) is 0 Å². The maximum Gasteiger partial charge on any atom is 0.257 e. The lowest BCUT2D eigenvalue weighted by atomic mass is 9.88. The molecule has 3 N–H and O–H groups in total. The minimum Gasteiger partial charge on any atom is -0.326 e. The quantitative estimate of drug-likeness (QED) is 0.877. The zero-order valence-electron chi connectivity index (χ0n) is 13.5. The Hall–Kier alpha value is -1.72. The van der Waals surface area contributed by atoms with Crippen molar-refractivity contribution in [3.8, 4) is 0 Å². The highest BCUT2D eigenvalue weighted by molar-refractivity contribution is 7.15. The molecule has 1 amide bonds. The Bertz CT molecular complexity index is 678. The molecule has 23 heavy (non-hydrogen) atoms. The number of rotatable bonds is 5. The number of nitrogens with zero attached hydrogens (tertiary/aromatic N) is 1. The van der Waals surface area contributed by atoms with Crippen molar-refractivity contribution in [1.29, 1.82) is 0 Å². The number of nitrogens with two attached hydrogens (primary N) is 1. The SMILES string of the molecule is CCCC1CCc2nc(NC(=O)c3ccc(CN)cc3)sc2C1. The van der Waals surface area contributed by atoms with E-state index < -0.39 is 0 Å². The number of amides is 1. The summed E-state index contributed by atoms with van der Waals surface area (Å²) in [5.41, 5.74) is 8.42. The molecule has 0 saturated carbocycles. The van der Waals surface area contributed by atoms with E-state index in [4.69, 9.17) is 5.73 Å². The molecular formula is C18H23N3OS. The predicted molar refractivity (Wildman–Crippen MR) is 94.8 cm³/mol. The molecule has 0 spiro atoms. The van der Waals surface area contributed by atoms with E-state index in [-0.39, 0.29) is 5.91 Å². The van der Waals surface area contributed by atoms with E-state index in [1.165, 1.54) is 29.8 Å². The molecular weight excluding hydrogens is 306 g/mol. The summed E-state index contributed by atoms with van der Waals surface area (Å²) >= 11 is 1.63. The van der Waals surface area contributed by atoms with Crippen molar-refractivity contribution in [2.75, 3.05) is 5.32 Å². The van der Waals surface area contributed by atoms with Crippen LogP contribution < -0.4 is 11.1 Å². The first-order valence-corrected chi connectivity index (χ1v) is 9.10. The fourth-order valence-corrected chi connectivity index (χ4v) is 4.23. The molecule has 0 bridgehead atoms. The summed E-state index contributed by atoms with van der Waals surface area (Å²) < 4.78 is 0. The Morgan fingerprint density at radius 1 is 1.39 bits per heavy atom. The van der Waals surface area contributed by atoms with Gasteiger partial charge in [-0.05, 0) is 42.9 Å². The van der Waals surface area contributed by atoms with Crippen LogP contribution in [0.5, 0.6) is 0 Å². The minimum atomic E-state index is -0.107. The van der Waals surface area contributed by atoms with Crippen LogP contribution in [0.2, 0.25) is 0 Å². The molecule has 122 valence electrons. The highest BCUT2D eigenvalue weighted by Gasteiger charge is 2.22. The van der Waals surface area contributed by atoms with E-state index in [1.807, 2.05) is 24.3 Å². The third-order valence-electron chi connectivity index (χ3n) is 4.41. The normalized spacial score (nSPS) is 16.9. The van der Waals surface area contributed by atoms with Crippen LogP contribution in [0.1, 0.15) is 52.7 Å². The van der Waals surface area contributed by atoms with E-state index in [9.17, 15) is 4.79 Å². The fraction of sp³-hybridized carbons (Fsp3) is 0.444. The van der Waals surface area contributed by atoms with Crippen molar-refractivity contribution >= 4 is 22.4 Å². The summed E-state index contributed by atoms with van der Waals surface area (Å²) in [6.07, 6.45) is 5.89. The van der Waals surface area contributed by atoms with E-state index in [0.29, 0.717) is 12.1 Å². The largest absolute Gasteiger partial charge is 0.326 e. The van der Waals surface area contributed by atoms with E-state index >= 15 is 0 Å². The summed E-state index contributed by atoms with van der Waals surface area (Å²) in [4.78, 5) is 18.3. The Labute approximate surface area is 141 Å². The lowest BCUT2D eigenvalue weighted by Crippen LogP contribution is -2.13. The number of thiazole rings is 1. The van der Waals surface area contributed by atoms with Crippen LogP contribution in [0.15, 0.2) is 24.3 Å². The van der Waals surface area contributed by atoms with Crippen LogP contribution in [-0.4, -0.2) is 10.9 Å². The first-order chi connectivity index (χ1) is 11.2. The van der Waals surface area contributed by atoms with Crippen molar-refractivity contribution < 1.29 is 4.79 Å². The van der Waals surface area contributed by atoms with Gasteiger partial charge in [0.25, 0.3) is 5.91 Å². The zero-order chi connectivity index (χ0) is 16.2. The van der Waals surface area contributed by atoms with Gasteiger partial charge in [0, 0.05) is 17.0 Å². The molecule has 0 fully saturated rings. The average molecular weight is 329 g/mol. The van der Waals surface area contributed by atoms with Gasteiger partial charge in [0.15, 0.2) is 5.13 Å². The van der Waals surface area contributed by atoms with E-state index in [2.05, 4.69) is 17.2 Å². The second kappa shape index (κ2) is 7.23. The molecule has 1 heterocycles. The molecule has 1 atom stereocenters. The van der Waals surface area contributed by atoms with Gasteiger partial charge in [0.2, 0.25) is 0 Å².